The average Bonchev–Trinajstić information content (AvgIpc) is 3.27. The first-order valence-corrected chi connectivity index (χ1v) is 11.5. The molecule has 4 atom stereocenters. The van der Waals surface area contributed by atoms with Crippen molar-refractivity contribution in [2.45, 2.75) is 51.7 Å². The number of benzene rings is 2. The average molecular weight is 471 g/mol. The Balaban J connectivity index is 1.71. The molecule has 0 radical (unpaired) electrons. The summed E-state index contributed by atoms with van der Waals surface area (Å²) in [6.07, 6.45) is 3.35. The summed E-state index contributed by atoms with van der Waals surface area (Å²) in [6, 6.07) is 16.9. The number of carbonyl (C=O) groups excluding carboxylic acids is 2. The molecule has 2 aliphatic heterocycles. The van der Waals surface area contributed by atoms with Gasteiger partial charge in [-0.2, -0.15) is 0 Å². The highest BCUT2D eigenvalue weighted by Crippen LogP contribution is 2.44. The van der Waals surface area contributed by atoms with Gasteiger partial charge in [0.25, 0.3) is 5.91 Å². The van der Waals surface area contributed by atoms with Crippen molar-refractivity contribution in [2.24, 2.45) is 11.8 Å². The molecule has 0 spiro atoms. The minimum Gasteiger partial charge on any atom is -0.273 e. The van der Waals surface area contributed by atoms with Crippen molar-refractivity contribution in [1.82, 2.24) is 0 Å². The third-order valence-electron chi connectivity index (χ3n) is 6.19. The highest BCUT2D eigenvalue weighted by Gasteiger charge is 2.61. The van der Waals surface area contributed by atoms with E-state index in [1.807, 2.05) is 47.5 Å². The Kier molecular flexibility index (Phi) is 6.25. The Labute approximate surface area is 186 Å². The van der Waals surface area contributed by atoms with Gasteiger partial charge < -0.3 is 0 Å². The molecular formula is C24H27BrN2O3. The molecule has 2 fully saturated rings. The molecule has 0 unspecified atom stereocenters. The quantitative estimate of drug-likeness (QED) is 0.512. The predicted octanol–water partition coefficient (Wildman–Crippen LogP) is 5.34. The highest BCUT2D eigenvalue weighted by molar-refractivity contribution is 9.10. The lowest BCUT2D eigenvalue weighted by molar-refractivity contribution is -0.126. The summed E-state index contributed by atoms with van der Waals surface area (Å²) in [5.41, 5.74) is 1.49. The molecule has 2 aliphatic rings. The van der Waals surface area contributed by atoms with Gasteiger partial charge in [0.1, 0.15) is 0 Å². The number of carbonyl (C=O) groups is 2. The van der Waals surface area contributed by atoms with Gasteiger partial charge in [0.2, 0.25) is 5.91 Å². The molecule has 2 aromatic rings. The monoisotopic (exact) mass is 470 g/mol. The van der Waals surface area contributed by atoms with E-state index in [1.165, 1.54) is 4.90 Å². The van der Waals surface area contributed by atoms with Crippen LogP contribution in [0.15, 0.2) is 59.1 Å². The maximum Gasteiger partial charge on any atom is 0.266 e. The Morgan fingerprint density at radius 3 is 2.30 bits per heavy atom. The van der Waals surface area contributed by atoms with Crippen molar-refractivity contribution in [3.8, 4) is 0 Å². The lowest BCUT2D eigenvalue weighted by Gasteiger charge is -2.33. The van der Waals surface area contributed by atoms with Gasteiger partial charge in [-0.05, 0) is 48.7 Å². The number of amides is 2. The molecule has 2 saturated heterocycles. The topological polar surface area (TPSA) is 49.9 Å². The van der Waals surface area contributed by atoms with Crippen LogP contribution in [0, 0.1) is 11.8 Å². The number of nitrogens with zero attached hydrogens (tertiary/aromatic N) is 2. The zero-order valence-electron chi connectivity index (χ0n) is 17.3. The summed E-state index contributed by atoms with van der Waals surface area (Å²) in [6.45, 7) is 4.33. The predicted molar refractivity (Wildman–Crippen MR) is 121 cm³/mol. The fourth-order valence-corrected chi connectivity index (χ4v) is 4.93. The molecule has 2 amide bonds. The number of halogens is 1. The number of para-hydroxylation sites is 1. The van der Waals surface area contributed by atoms with E-state index in [1.54, 1.807) is 12.1 Å². The number of unbranched alkanes of at least 4 members (excludes halogenated alkanes) is 1. The van der Waals surface area contributed by atoms with Gasteiger partial charge in [0, 0.05) is 4.47 Å². The maximum absolute atomic E-state index is 13.6. The van der Waals surface area contributed by atoms with Crippen molar-refractivity contribution in [3.05, 3.63) is 59.1 Å². The van der Waals surface area contributed by atoms with Gasteiger partial charge in [-0.15, -0.1) is 0 Å². The van der Waals surface area contributed by atoms with Gasteiger partial charge in [0.15, 0.2) is 6.10 Å². The highest BCUT2D eigenvalue weighted by atomic mass is 79.9. The van der Waals surface area contributed by atoms with E-state index in [0.29, 0.717) is 5.69 Å². The number of hydroxylamine groups is 1. The third-order valence-corrected chi connectivity index (χ3v) is 6.72. The first kappa shape index (κ1) is 21.1. The molecule has 6 heteroatoms. The molecule has 30 heavy (non-hydrogen) atoms. The third kappa shape index (κ3) is 3.67. The largest absolute Gasteiger partial charge is 0.273 e. The van der Waals surface area contributed by atoms with Crippen LogP contribution in [0.4, 0.5) is 11.4 Å². The minimum absolute atomic E-state index is 0.161. The van der Waals surface area contributed by atoms with E-state index >= 15 is 0 Å². The molecule has 0 bridgehead atoms. The Morgan fingerprint density at radius 1 is 0.967 bits per heavy atom. The summed E-state index contributed by atoms with van der Waals surface area (Å²) in [5, 5.41) is 1.84. The first-order valence-electron chi connectivity index (χ1n) is 10.7. The zero-order chi connectivity index (χ0) is 21.3. The van der Waals surface area contributed by atoms with Crippen LogP contribution in [0.5, 0.6) is 0 Å². The molecule has 0 aliphatic carbocycles. The minimum atomic E-state index is -0.776. The number of hydrogen-bond donors (Lipinski definition) is 0. The van der Waals surface area contributed by atoms with Crippen LogP contribution in [0.1, 0.15) is 39.5 Å². The van der Waals surface area contributed by atoms with Gasteiger partial charge in [-0.3, -0.25) is 14.4 Å². The molecule has 2 aromatic carbocycles. The summed E-state index contributed by atoms with van der Waals surface area (Å²) >= 11 is 3.41. The van der Waals surface area contributed by atoms with Crippen LogP contribution in [0.2, 0.25) is 0 Å². The van der Waals surface area contributed by atoms with Gasteiger partial charge in [-0.25, -0.2) is 9.96 Å². The van der Waals surface area contributed by atoms with E-state index in [9.17, 15) is 9.59 Å². The fourth-order valence-electron chi connectivity index (χ4n) is 4.66. The molecule has 4 rings (SSSR count). The molecule has 0 N–H and O–H groups in total. The molecule has 0 saturated carbocycles. The van der Waals surface area contributed by atoms with E-state index in [2.05, 4.69) is 29.8 Å². The normalized spacial score (nSPS) is 24.4. The van der Waals surface area contributed by atoms with Crippen molar-refractivity contribution in [1.29, 1.82) is 0 Å². The van der Waals surface area contributed by atoms with Crippen LogP contribution < -0.4 is 9.96 Å². The summed E-state index contributed by atoms with van der Waals surface area (Å²) in [5.74, 6) is -0.670. The second-order valence-electron chi connectivity index (χ2n) is 8.00. The van der Waals surface area contributed by atoms with Crippen LogP contribution in [0.25, 0.3) is 0 Å². The molecule has 0 aromatic heterocycles. The maximum atomic E-state index is 13.6. The van der Waals surface area contributed by atoms with E-state index in [0.717, 1.165) is 35.8 Å². The molecule has 2 heterocycles. The second kappa shape index (κ2) is 8.90. The van der Waals surface area contributed by atoms with Crippen LogP contribution in [-0.4, -0.2) is 24.0 Å². The Morgan fingerprint density at radius 2 is 1.67 bits per heavy atom. The number of hydrogen-bond acceptors (Lipinski definition) is 4. The number of fused-ring (bicyclic) bond motifs is 1. The lowest BCUT2D eigenvalue weighted by atomic mass is 9.82. The van der Waals surface area contributed by atoms with E-state index < -0.39 is 12.0 Å². The summed E-state index contributed by atoms with van der Waals surface area (Å²) in [7, 11) is 0. The van der Waals surface area contributed by atoms with Crippen LogP contribution in [0.3, 0.4) is 0 Å². The molecule has 158 valence electrons. The smallest absolute Gasteiger partial charge is 0.266 e. The van der Waals surface area contributed by atoms with Crippen molar-refractivity contribution in [2.75, 3.05) is 9.96 Å². The fraction of sp³-hybridized carbons (Fsp3) is 0.417. The van der Waals surface area contributed by atoms with Gasteiger partial charge in [0.05, 0.1) is 23.3 Å². The van der Waals surface area contributed by atoms with E-state index in [4.69, 9.17) is 4.84 Å². The molecular weight excluding hydrogens is 444 g/mol. The Hall–Kier alpha value is -2.18. The molecule has 5 nitrogen and oxygen atoms in total. The van der Waals surface area contributed by atoms with Crippen LogP contribution in [-0.2, 0) is 14.4 Å². The SMILES string of the molecule is CCCC[C@@H](CC)[C@@H]1[C@H]2C(=O)N(c3ccc(Br)cc3)C(=O)[C@@H]2ON1c1ccccc1. The standard InChI is InChI=1S/C24H27BrN2O3/c1-3-5-9-16(4-2)21-20-22(30-27(21)19-10-7-6-8-11-19)24(29)26(23(20)28)18-14-12-17(25)13-15-18/h6-8,10-16,20-22H,3-5,9H2,1-2H3/t16-,20-,21-,22-/m1/s1. The Bertz CT molecular complexity index is 902. The first-order chi connectivity index (χ1) is 14.6. The number of rotatable bonds is 7. The van der Waals surface area contributed by atoms with Gasteiger partial charge >= 0.3 is 0 Å². The van der Waals surface area contributed by atoms with Crippen molar-refractivity contribution in [3.63, 3.8) is 0 Å². The lowest BCUT2D eigenvalue weighted by Crippen LogP contribution is -2.44. The van der Waals surface area contributed by atoms with Crippen molar-refractivity contribution >= 4 is 39.1 Å². The van der Waals surface area contributed by atoms with Crippen LogP contribution >= 0.6 is 15.9 Å². The summed E-state index contributed by atoms with van der Waals surface area (Å²) in [4.78, 5) is 34.3. The van der Waals surface area contributed by atoms with E-state index in [-0.39, 0.29) is 23.8 Å². The number of anilines is 2. The summed E-state index contributed by atoms with van der Waals surface area (Å²) < 4.78 is 0.903. The zero-order valence-corrected chi connectivity index (χ0v) is 18.9. The number of imide groups is 1. The van der Waals surface area contributed by atoms with Crippen molar-refractivity contribution < 1.29 is 14.4 Å². The second-order valence-corrected chi connectivity index (χ2v) is 8.92. The van der Waals surface area contributed by atoms with Gasteiger partial charge in [-0.1, -0.05) is 67.2 Å².